The Morgan fingerprint density at radius 2 is 2.14 bits per heavy atom. The molecule has 1 saturated heterocycles. The third kappa shape index (κ3) is 5.06. The largest absolute Gasteiger partial charge is 0.353 e. The third-order valence-electron chi connectivity index (χ3n) is 3.51. The van der Waals surface area contributed by atoms with Gasteiger partial charge in [0.1, 0.15) is 0 Å². The normalized spacial score (nSPS) is 20.7. The minimum atomic E-state index is -2.77. The van der Waals surface area contributed by atoms with Gasteiger partial charge in [0.05, 0.1) is 12.6 Å². The van der Waals surface area contributed by atoms with Crippen LogP contribution in [-0.2, 0) is 11.3 Å². The molecule has 1 amide bonds. The number of nitrogens with one attached hydrogen (secondary N) is 2. The van der Waals surface area contributed by atoms with Crippen LogP contribution < -0.4 is 10.6 Å². The molecule has 1 fully saturated rings. The van der Waals surface area contributed by atoms with Crippen LogP contribution in [0.25, 0.3) is 0 Å². The second-order valence-corrected chi connectivity index (χ2v) is 5.51. The number of alkyl halides is 2. The molecule has 1 aliphatic rings. The molecule has 2 N–H and O–H groups in total. The van der Waals surface area contributed by atoms with Crippen LogP contribution in [0.1, 0.15) is 12.0 Å². The van der Waals surface area contributed by atoms with Crippen LogP contribution in [0.5, 0.6) is 0 Å². The first-order valence-corrected chi connectivity index (χ1v) is 7.08. The van der Waals surface area contributed by atoms with E-state index in [0.717, 1.165) is 6.54 Å². The van der Waals surface area contributed by atoms with Gasteiger partial charge in [0.2, 0.25) is 5.91 Å². The highest BCUT2D eigenvalue weighted by Gasteiger charge is 2.42. The van der Waals surface area contributed by atoms with Crippen LogP contribution in [0.3, 0.4) is 0 Å². The minimum absolute atomic E-state index is 0.347. The molecule has 1 heterocycles. The average molecular weight is 297 g/mol. The third-order valence-corrected chi connectivity index (χ3v) is 3.51. The smallest absolute Gasteiger partial charge is 0.262 e. The van der Waals surface area contributed by atoms with Crippen molar-refractivity contribution in [2.24, 2.45) is 0 Å². The number of amides is 1. The van der Waals surface area contributed by atoms with Gasteiger partial charge in [-0.15, -0.1) is 0 Å². The zero-order valence-corrected chi connectivity index (χ0v) is 12.1. The van der Waals surface area contributed by atoms with Crippen LogP contribution in [0.2, 0.25) is 0 Å². The second-order valence-electron chi connectivity index (χ2n) is 5.51. The molecule has 0 radical (unpaired) electrons. The molecule has 1 atom stereocenters. The van der Waals surface area contributed by atoms with Gasteiger partial charge < -0.3 is 10.2 Å². The number of hydrogen-bond acceptors (Lipinski definition) is 3. The molecule has 0 bridgehead atoms. The minimum Gasteiger partial charge on any atom is -0.353 e. The molecule has 0 aromatic heterocycles. The lowest BCUT2D eigenvalue weighted by Crippen LogP contribution is -2.42. The molecule has 6 heteroatoms. The molecule has 0 saturated carbocycles. The van der Waals surface area contributed by atoms with Crippen molar-refractivity contribution in [3.05, 3.63) is 35.9 Å². The molecule has 116 valence electrons. The molecule has 2 rings (SSSR count). The van der Waals surface area contributed by atoms with Crippen molar-refractivity contribution in [3.63, 3.8) is 0 Å². The maximum Gasteiger partial charge on any atom is 0.262 e. The van der Waals surface area contributed by atoms with Crippen molar-refractivity contribution in [2.75, 3.05) is 26.7 Å². The highest BCUT2D eigenvalue weighted by molar-refractivity contribution is 5.82. The fourth-order valence-electron chi connectivity index (χ4n) is 2.37. The quantitative estimate of drug-likeness (QED) is 0.830. The molecule has 0 aliphatic carbocycles. The summed E-state index contributed by atoms with van der Waals surface area (Å²) >= 11 is 0. The van der Waals surface area contributed by atoms with Gasteiger partial charge in [-0.2, -0.15) is 0 Å². The van der Waals surface area contributed by atoms with E-state index in [4.69, 9.17) is 0 Å². The number of benzene rings is 1. The van der Waals surface area contributed by atoms with Crippen LogP contribution in [0, 0.1) is 0 Å². The van der Waals surface area contributed by atoms with E-state index in [1.165, 1.54) is 5.56 Å². The number of carbonyl (C=O) groups excluding carboxylic acids is 1. The first-order valence-electron chi connectivity index (χ1n) is 7.08. The summed E-state index contributed by atoms with van der Waals surface area (Å²) in [6.07, 6.45) is -0.418. The fourth-order valence-corrected chi connectivity index (χ4v) is 2.37. The van der Waals surface area contributed by atoms with Gasteiger partial charge in [0.25, 0.3) is 5.92 Å². The van der Waals surface area contributed by atoms with Gasteiger partial charge >= 0.3 is 0 Å². The maximum atomic E-state index is 13.0. The van der Waals surface area contributed by atoms with Crippen LogP contribution in [0.15, 0.2) is 30.3 Å². The number of carbonyl (C=O) groups is 1. The lowest BCUT2D eigenvalue weighted by atomic mass is 10.2. The van der Waals surface area contributed by atoms with E-state index in [0.29, 0.717) is 13.1 Å². The Kier molecular flexibility index (Phi) is 5.25. The number of halogens is 2. The van der Waals surface area contributed by atoms with Gasteiger partial charge in [0, 0.05) is 26.1 Å². The average Bonchev–Trinajstić information content (AvgIpc) is 2.80. The number of rotatable bonds is 6. The summed E-state index contributed by atoms with van der Waals surface area (Å²) in [4.78, 5) is 13.8. The van der Waals surface area contributed by atoms with Crippen molar-refractivity contribution in [1.29, 1.82) is 0 Å². The molecule has 1 aromatic rings. The summed E-state index contributed by atoms with van der Waals surface area (Å²) in [6.45, 7) is 1.49. The molecule has 0 spiro atoms. The van der Waals surface area contributed by atoms with Crippen molar-refractivity contribution >= 4 is 5.91 Å². The van der Waals surface area contributed by atoms with E-state index in [9.17, 15) is 13.6 Å². The first-order chi connectivity index (χ1) is 9.96. The summed E-state index contributed by atoms with van der Waals surface area (Å²) in [5.74, 6) is -3.12. The predicted molar refractivity (Wildman–Crippen MR) is 77.1 cm³/mol. The fraction of sp³-hybridized carbons (Fsp3) is 0.533. The summed E-state index contributed by atoms with van der Waals surface area (Å²) in [5, 5.41) is 5.25. The second kappa shape index (κ2) is 6.95. The Balaban J connectivity index is 1.66. The lowest BCUT2D eigenvalue weighted by Gasteiger charge is -2.18. The summed E-state index contributed by atoms with van der Waals surface area (Å²) in [6, 6.07) is 9.24. The highest BCUT2D eigenvalue weighted by Crippen LogP contribution is 2.24. The summed E-state index contributed by atoms with van der Waals surface area (Å²) in [7, 11) is 1.96. The first kappa shape index (κ1) is 15.9. The van der Waals surface area contributed by atoms with Crippen LogP contribution in [-0.4, -0.2) is 49.5 Å². The molecule has 1 aromatic carbocycles. The Bertz CT molecular complexity index is 467. The van der Waals surface area contributed by atoms with E-state index in [1.807, 2.05) is 37.4 Å². The van der Waals surface area contributed by atoms with E-state index < -0.39 is 24.9 Å². The van der Waals surface area contributed by atoms with Crippen molar-refractivity contribution in [2.45, 2.75) is 24.9 Å². The SMILES string of the molecule is CN(CCNC(=O)C1CC(F)(F)CN1)Cc1ccccc1. The van der Waals surface area contributed by atoms with Gasteiger partial charge in [0.15, 0.2) is 0 Å². The standard InChI is InChI=1S/C15H21F2N3O/c1-20(10-12-5-3-2-4-6-12)8-7-18-14(21)13-9-15(16,17)11-19-13/h2-6,13,19H,7-11H2,1H3,(H,18,21). The topological polar surface area (TPSA) is 44.4 Å². The van der Waals surface area contributed by atoms with Crippen molar-refractivity contribution in [1.82, 2.24) is 15.5 Å². The Hall–Kier alpha value is -1.53. The van der Waals surface area contributed by atoms with E-state index in [2.05, 4.69) is 15.5 Å². The Morgan fingerprint density at radius 1 is 1.43 bits per heavy atom. The van der Waals surface area contributed by atoms with Crippen molar-refractivity contribution < 1.29 is 13.6 Å². The molecular weight excluding hydrogens is 276 g/mol. The monoisotopic (exact) mass is 297 g/mol. The van der Waals surface area contributed by atoms with Gasteiger partial charge in [-0.3, -0.25) is 10.1 Å². The molecular formula is C15H21F2N3O. The molecule has 21 heavy (non-hydrogen) atoms. The zero-order valence-electron chi connectivity index (χ0n) is 12.1. The zero-order chi connectivity index (χ0) is 15.3. The predicted octanol–water partition coefficient (Wildman–Crippen LogP) is 1.23. The maximum absolute atomic E-state index is 13.0. The van der Waals surface area contributed by atoms with Crippen LogP contribution in [0.4, 0.5) is 8.78 Å². The molecule has 4 nitrogen and oxygen atoms in total. The van der Waals surface area contributed by atoms with Gasteiger partial charge in [-0.05, 0) is 12.6 Å². The van der Waals surface area contributed by atoms with E-state index >= 15 is 0 Å². The number of hydrogen-bond donors (Lipinski definition) is 2. The van der Waals surface area contributed by atoms with Gasteiger partial charge in [-0.25, -0.2) is 8.78 Å². The number of nitrogens with zero attached hydrogens (tertiary/aromatic N) is 1. The Morgan fingerprint density at radius 3 is 2.76 bits per heavy atom. The molecule has 1 aliphatic heterocycles. The number of likely N-dealkylation sites (N-methyl/N-ethyl adjacent to an activating group) is 1. The van der Waals surface area contributed by atoms with E-state index in [1.54, 1.807) is 0 Å². The van der Waals surface area contributed by atoms with Crippen molar-refractivity contribution in [3.8, 4) is 0 Å². The van der Waals surface area contributed by atoms with E-state index in [-0.39, 0.29) is 5.91 Å². The lowest BCUT2D eigenvalue weighted by molar-refractivity contribution is -0.123. The highest BCUT2D eigenvalue weighted by atomic mass is 19.3. The Labute approximate surface area is 123 Å². The summed E-state index contributed by atoms with van der Waals surface area (Å²) < 4.78 is 26.0. The molecule has 1 unspecified atom stereocenters. The van der Waals surface area contributed by atoms with Crippen LogP contribution >= 0.6 is 0 Å². The summed E-state index contributed by atoms with van der Waals surface area (Å²) in [5.41, 5.74) is 1.20. The van der Waals surface area contributed by atoms with Gasteiger partial charge in [-0.1, -0.05) is 30.3 Å².